The van der Waals surface area contributed by atoms with E-state index in [4.69, 9.17) is 15.2 Å². The monoisotopic (exact) mass is 181 g/mol. The van der Waals surface area contributed by atoms with Gasteiger partial charge in [-0.25, -0.2) is 0 Å². The average molecular weight is 181 g/mol. The molecule has 0 fully saturated rings. The van der Waals surface area contributed by atoms with Gasteiger partial charge in [0.25, 0.3) is 0 Å². The number of hydrogen-bond acceptors (Lipinski definition) is 3. The number of rotatable bonds is 0. The van der Waals surface area contributed by atoms with Crippen molar-refractivity contribution < 1.29 is 9.47 Å². The third kappa shape index (κ3) is 3.34. The molecule has 0 radical (unpaired) electrons. The summed E-state index contributed by atoms with van der Waals surface area (Å²) in [6, 6.07) is 7.96. The molecule has 0 aliphatic carbocycles. The second kappa shape index (κ2) is 4.72. The minimum atomic E-state index is 0.333. The van der Waals surface area contributed by atoms with Gasteiger partial charge in [-0.05, 0) is 18.2 Å². The Balaban J connectivity index is 0.000000184. The van der Waals surface area contributed by atoms with E-state index in [1.54, 1.807) is 0 Å². The lowest BCUT2D eigenvalue weighted by Crippen LogP contribution is -2.06. The molecule has 72 valence electrons. The molecular weight excluding hydrogens is 166 g/mol. The van der Waals surface area contributed by atoms with E-state index in [1.807, 2.05) is 38.1 Å². The van der Waals surface area contributed by atoms with Gasteiger partial charge in [0.05, 0.1) is 0 Å². The largest absolute Gasteiger partial charge is 0.454 e. The molecule has 0 amide bonds. The summed E-state index contributed by atoms with van der Waals surface area (Å²) in [5.41, 5.74) is 5.11. The first-order chi connectivity index (χ1) is 6.20. The molecule has 1 heterocycles. The number of fused-ring (bicyclic) bond motifs is 1. The van der Waals surface area contributed by atoms with Crippen molar-refractivity contribution in [2.24, 2.45) is 5.73 Å². The van der Waals surface area contributed by atoms with Gasteiger partial charge in [-0.15, -0.1) is 0 Å². The fraction of sp³-hybridized carbons (Fsp3) is 0.400. The van der Waals surface area contributed by atoms with Crippen LogP contribution in [0.4, 0.5) is 0 Å². The number of para-hydroxylation sites is 2. The first kappa shape index (κ1) is 9.86. The maximum Gasteiger partial charge on any atom is 0.231 e. The molecule has 0 bridgehead atoms. The predicted molar refractivity (Wildman–Crippen MR) is 51.9 cm³/mol. The molecule has 0 saturated heterocycles. The summed E-state index contributed by atoms with van der Waals surface area (Å²) in [4.78, 5) is 0. The van der Waals surface area contributed by atoms with Gasteiger partial charge in [0.2, 0.25) is 6.79 Å². The molecule has 0 aromatic heterocycles. The van der Waals surface area contributed by atoms with Crippen LogP contribution in [0.3, 0.4) is 0 Å². The fourth-order valence-electron chi connectivity index (χ4n) is 0.845. The summed E-state index contributed by atoms with van der Waals surface area (Å²) in [7, 11) is 0. The SMILES string of the molecule is CC(C)N.c1ccc2c(c1)OCO2. The van der Waals surface area contributed by atoms with E-state index < -0.39 is 0 Å². The van der Waals surface area contributed by atoms with Crippen LogP contribution in [-0.2, 0) is 0 Å². The Labute approximate surface area is 78.5 Å². The molecular formula is C10H15NO2. The van der Waals surface area contributed by atoms with Crippen molar-refractivity contribution in [3.63, 3.8) is 0 Å². The van der Waals surface area contributed by atoms with Gasteiger partial charge in [-0.1, -0.05) is 26.0 Å². The molecule has 13 heavy (non-hydrogen) atoms. The Morgan fingerprint density at radius 2 is 1.54 bits per heavy atom. The maximum absolute atomic E-state index is 5.11. The molecule has 1 aliphatic rings. The van der Waals surface area contributed by atoms with Crippen LogP contribution in [0.25, 0.3) is 0 Å². The van der Waals surface area contributed by atoms with Crippen LogP contribution in [0.5, 0.6) is 11.5 Å². The predicted octanol–water partition coefficient (Wildman–Crippen LogP) is 1.77. The number of ether oxygens (including phenoxy) is 2. The maximum atomic E-state index is 5.11. The summed E-state index contributed by atoms with van der Waals surface area (Å²) in [6.07, 6.45) is 0. The Bertz CT molecular complexity index is 235. The van der Waals surface area contributed by atoms with Crippen LogP contribution in [-0.4, -0.2) is 12.8 Å². The Kier molecular flexibility index (Phi) is 3.58. The number of benzene rings is 1. The molecule has 0 saturated carbocycles. The highest BCUT2D eigenvalue weighted by atomic mass is 16.7. The third-order valence-corrected chi connectivity index (χ3v) is 1.28. The Morgan fingerprint density at radius 1 is 1.15 bits per heavy atom. The van der Waals surface area contributed by atoms with Gasteiger partial charge in [-0.3, -0.25) is 0 Å². The van der Waals surface area contributed by atoms with E-state index in [1.165, 1.54) is 0 Å². The zero-order valence-corrected chi connectivity index (χ0v) is 7.99. The second-order valence-electron chi connectivity index (χ2n) is 3.10. The highest BCUT2D eigenvalue weighted by Gasteiger charge is 2.09. The van der Waals surface area contributed by atoms with E-state index in [0.29, 0.717) is 12.8 Å². The Hall–Kier alpha value is -1.22. The van der Waals surface area contributed by atoms with Crippen molar-refractivity contribution in [2.75, 3.05) is 6.79 Å². The van der Waals surface area contributed by atoms with Crippen molar-refractivity contribution in [1.82, 2.24) is 0 Å². The fourth-order valence-corrected chi connectivity index (χ4v) is 0.845. The summed E-state index contributed by atoms with van der Waals surface area (Å²) >= 11 is 0. The number of nitrogens with two attached hydrogens (primary N) is 1. The lowest BCUT2D eigenvalue weighted by Gasteiger charge is -1.89. The number of hydrogen-bond donors (Lipinski definition) is 1. The zero-order chi connectivity index (χ0) is 9.68. The van der Waals surface area contributed by atoms with Crippen molar-refractivity contribution >= 4 is 0 Å². The van der Waals surface area contributed by atoms with Crippen LogP contribution in [0.15, 0.2) is 24.3 Å². The first-order valence-electron chi connectivity index (χ1n) is 4.30. The summed E-state index contributed by atoms with van der Waals surface area (Å²) in [5, 5.41) is 0. The van der Waals surface area contributed by atoms with E-state index in [2.05, 4.69) is 0 Å². The second-order valence-corrected chi connectivity index (χ2v) is 3.10. The van der Waals surface area contributed by atoms with Gasteiger partial charge < -0.3 is 15.2 Å². The molecule has 1 aromatic carbocycles. The molecule has 0 unspecified atom stereocenters. The van der Waals surface area contributed by atoms with Crippen molar-refractivity contribution in [1.29, 1.82) is 0 Å². The molecule has 1 aromatic rings. The highest BCUT2D eigenvalue weighted by Crippen LogP contribution is 2.30. The Morgan fingerprint density at radius 3 is 1.92 bits per heavy atom. The molecule has 0 atom stereocenters. The topological polar surface area (TPSA) is 44.5 Å². The molecule has 1 aliphatic heterocycles. The smallest absolute Gasteiger partial charge is 0.231 e. The minimum Gasteiger partial charge on any atom is -0.454 e. The highest BCUT2D eigenvalue weighted by molar-refractivity contribution is 5.40. The van der Waals surface area contributed by atoms with Gasteiger partial charge >= 0.3 is 0 Å². The van der Waals surface area contributed by atoms with Crippen LogP contribution in [0.1, 0.15) is 13.8 Å². The van der Waals surface area contributed by atoms with Gasteiger partial charge in [0.15, 0.2) is 11.5 Å². The van der Waals surface area contributed by atoms with E-state index in [0.717, 1.165) is 11.5 Å². The van der Waals surface area contributed by atoms with Crippen LogP contribution in [0.2, 0.25) is 0 Å². The standard InChI is InChI=1S/C7H6O2.C3H9N/c1-2-4-7-6(3-1)8-5-9-7;1-3(2)4/h1-4H,5H2;3H,4H2,1-2H3. The summed E-state index contributed by atoms with van der Waals surface area (Å²) in [5.74, 6) is 1.69. The molecule has 2 N–H and O–H groups in total. The van der Waals surface area contributed by atoms with E-state index in [-0.39, 0.29) is 0 Å². The van der Waals surface area contributed by atoms with E-state index in [9.17, 15) is 0 Å². The molecule has 0 spiro atoms. The minimum absolute atomic E-state index is 0.333. The van der Waals surface area contributed by atoms with Crippen molar-refractivity contribution in [3.8, 4) is 11.5 Å². The van der Waals surface area contributed by atoms with Crippen LogP contribution < -0.4 is 15.2 Å². The normalized spacial score (nSPS) is 12.3. The lowest BCUT2D eigenvalue weighted by molar-refractivity contribution is 0.174. The zero-order valence-electron chi connectivity index (χ0n) is 7.99. The summed E-state index contributed by atoms with van der Waals surface area (Å²) in [6.45, 7) is 4.25. The molecule has 2 rings (SSSR count). The third-order valence-electron chi connectivity index (χ3n) is 1.28. The lowest BCUT2D eigenvalue weighted by atomic mass is 10.3. The average Bonchev–Trinajstić information content (AvgIpc) is 2.49. The van der Waals surface area contributed by atoms with Crippen LogP contribution >= 0.6 is 0 Å². The van der Waals surface area contributed by atoms with E-state index >= 15 is 0 Å². The van der Waals surface area contributed by atoms with Gasteiger partial charge in [0.1, 0.15) is 0 Å². The van der Waals surface area contributed by atoms with Gasteiger partial charge in [0, 0.05) is 0 Å². The van der Waals surface area contributed by atoms with Crippen molar-refractivity contribution in [3.05, 3.63) is 24.3 Å². The van der Waals surface area contributed by atoms with Crippen LogP contribution in [0, 0.1) is 0 Å². The first-order valence-corrected chi connectivity index (χ1v) is 4.30. The molecule has 3 heteroatoms. The van der Waals surface area contributed by atoms with Crippen molar-refractivity contribution in [2.45, 2.75) is 19.9 Å². The van der Waals surface area contributed by atoms with Gasteiger partial charge in [-0.2, -0.15) is 0 Å². The molecule has 3 nitrogen and oxygen atoms in total. The quantitative estimate of drug-likeness (QED) is 0.663. The summed E-state index contributed by atoms with van der Waals surface area (Å²) < 4.78 is 10.2.